The van der Waals surface area contributed by atoms with Crippen molar-refractivity contribution in [2.24, 2.45) is 11.7 Å². The molecule has 4 heteroatoms. The van der Waals surface area contributed by atoms with Crippen LogP contribution in [0, 0.1) is 11.3 Å². The second-order valence-electron chi connectivity index (χ2n) is 5.13. The van der Waals surface area contributed by atoms with Crippen molar-refractivity contribution in [2.45, 2.75) is 26.7 Å². The van der Waals surface area contributed by atoms with Crippen molar-refractivity contribution in [3.8, 4) is 0 Å². The van der Waals surface area contributed by atoms with Gasteiger partial charge in [0.25, 0.3) is 0 Å². The zero-order chi connectivity index (χ0) is 12.6. The number of hydrogen-bond donors (Lipinski definition) is 2. The van der Waals surface area contributed by atoms with Gasteiger partial charge >= 0.3 is 0 Å². The van der Waals surface area contributed by atoms with E-state index in [1.54, 1.807) is 0 Å². The molecule has 0 radical (unpaired) electrons. The average molecular weight is 228 g/mol. The van der Waals surface area contributed by atoms with E-state index in [1.807, 2.05) is 0 Å². The molecule has 16 heavy (non-hydrogen) atoms. The molecule has 0 aromatic heterocycles. The summed E-state index contributed by atoms with van der Waals surface area (Å²) in [6.07, 6.45) is 1.87. The first-order chi connectivity index (χ1) is 7.41. The zero-order valence-electron chi connectivity index (χ0n) is 11.3. The van der Waals surface area contributed by atoms with Crippen LogP contribution in [0.3, 0.4) is 0 Å². The summed E-state index contributed by atoms with van der Waals surface area (Å²) in [5, 5.41) is 7.26. The molecular formula is C12H28N4. The van der Waals surface area contributed by atoms with Gasteiger partial charge in [0.2, 0.25) is 0 Å². The maximum absolute atomic E-state index is 7.26. The predicted molar refractivity (Wildman–Crippen MR) is 71.0 cm³/mol. The summed E-state index contributed by atoms with van der Waals surface area (Å²) in [6.45, 7) is 8.69. The number of amidine groups is 1. The Morgan fingerprint density at radius 3 is 2.25 bits per heavy atom. The molecule has 0 saturated heterocycles. The third-order valence-corrected chi connectivity index (χ3v) is 2.40. The summed E-state index contributed by atoms with van der Waals surface area (Å²) in [5.41, 5.74) is 5.40. The molecule has 0 heterocycles. The lowest BCUT2D eigenvalue weighted by Crippen LogP contribution is -2.33. The molecule has 0 aromatic rings. The predicted octanol–water partition coefficient (Wildman–Crippen LogP) is 1.22. The van der Waals surface area contributed by atoms with Gasteiger partial charge in [-0.05, 0) is 39.5 Å². The second kappa shape index (κ2) is 8.53. The molecule has 0 atom stereocenters. The summed E-state index contributed by atoms with van der Waals surface area (Å²) in [5.74, 6) is 0.965. The first-order valence-electron chi connectivity index (χ1n) is 6.11. The fourth-order valence-electron chi connectivity index (χ4n) is 1.70. The topological polar surface area (TPSA) is 56.4 Å². The molecule has 0 bridgehead atoms. The van der Waals surface area contributed by atoms with Gasteiger partial charge in [0.15, 0.2) is 0 Å². The SMILES string of the molecule is CC(C)CN(CCCN(C)C)CCC(=N)N. The van der Waals surface area contributed by atoms with Crippen LogP contribution < -0.4 is 5.73 Å². The Morgan fingerprint density at radius 2 is 1.81 bits per heavy atom. The minimum Gasteiger partial charge on any atom is -0.388 e. The highest BCUT2D eigenvalue weighted by molar-refractivity contribution is 5.76. The Balaban J connectivity index is 3.85. The van der Waals surface area contributed by atoms with Gasteiger partial charge in [-0.3, -0.25) is 5.41 Å². The van der Waals surface area contributed by atoms with Crippen molar-refractivity contribution >= 4 is 5.84 Å². The van der Waals surface area contributed by atoms with Gasteiger partial charge in [-0.1, -0.05) is 13.8 Å². The molecule has 3 N–H and O–H groups in total. The minimum atomic E-state index is 0.293. The van der Waals surface area contributed by atoms with Crippen LogP contribution in [0.4, 0.5) is 0 Å². The highest BCUT2D eigenvalue weighted by Crippen LogP contribution is 2.01. The van der Waals surface area contributed by atoms with Crippen LogP contribution in [0.2, 0.25) is 0 Å². The van der Waals surface area contributed by atoms with E-state index >= 15 is 0 Å². The normalized spacial score (nSPS) is 11.7. The Hall–Kier alpha value is -0.610. The molecular weight excluding hydrogens is 200 g/mol. The fraction of sp³-hybridized carbons (Fsp3) is 0.917. The van der Waals surface area contributed by atoms with Gasteiger partial charge in [-0.15, -0.1) is 0 Å². The molecule has 0 unspecified atom stereocenters. The highest BCUT2D eigenvalue weighted by Gasteiger charge is 2.07. The van der Waals surface area contributed by atoms with Crippen LogP contribution in [-0.4, -0.2) is 55.9 Å². The molecule has 0 aliphatic rings. The first-order valence-corrected chi connectivity index (χ1v) is 6.11. The quantitative estimate of drug-likeness (QED) is 0.461. The Morgan fingerprint density at radius 1 is 1.19 bits per heavy atom. The third kappa shape index (κ3) is 9.93. The van der Waals surface area contributed by atoms with Crippen LogP contribution >= 0.6 is 0 Å². The van der Waals surface area contributed by atoms with E-state index in [4.69, 9.17) is 11.1 Å². The molecule has 0 amide bonds. The smallest absolute Gasteiger partial charge is 0.0918 e. The van der Waals surface area contributed by atoms with Gasteiger partial charge in [0, 0.05) is 19.5 Å². The van der Waals surface area contributed by atoms with Crippen molar-refractivity contribution in [1.29, 1.82) is 5.41 Å². The lowest BCUT2D eigenvalue weighted by molar-refractivity contribution is 0.236. The van der Waals surface area contributed by atoms with Gasteiger partial charge in [-0.2, -0.15) is 0 Å². The summed E-state index contributed by atoms with van der Waals surface area (Å²) in [7, 11) is 4.20. The van der Waals surface area contributed by atoms with Crippen molar-refractivity contribution in [3.63, 3.8) is 0 Å². The minimum absolute atomic E-state index is 0.293. The summed E-state index contributed by atoms with van der Waals surface area (Å²) < 4.78 is 0. The molecule has 0 aromatic carbocycles. The number of hydrogen-bond acceptors (Lipinski definition) is 3. The van der Waals surface area contributed by atoms with Crippen molar-refractivity contribution in [3.05, 3.63) is 0 Å². The zero-order valence-corrected chi connectivity index (χ0v) is 11.3. The molecule has 96 valence electrons. The summed E-state index contributed by atoms with van der Waals surface area (Å²) in [4.78, 5) is 4.62. The maximum atomic E-state index is 7.26. The Bertz CT molecular complexity index is 189. The fourth-order valence-corrected chi connectivity index (χ4v) is 1.70. The molecule has 0 spiro atoms. The first kappa shape index (κ1) is 15.4. The van der Waals surface area contributed by atoms with E-state index in [9.17, 15) is 0 Å². The summed E-state index contributed by atoms with van der Waals surface area (Å²) >= 11 is 0. The van der Waals surface area contributed by atoms with E-state index in [0.29, 0.717) is 18.2 Å². The van der Waals surface area contributed by atoms with Crippen molar-refractivity contribution < 1.29 is 0 Å². The monoisotopic (exact) mass is 228 g/mol. The van der Waals surface area contributed by atoms with E-state index in [2.05, 4.69) is 37.7 Å². The number of nitrogens with one attached hydrogen (secondary N) is 1. The van der Waals surface area contributed by atoms with Crippen molar-refractivity contribution in [2.75, 3.05) is 40.3 Å². The largest absolute Gasteiger partial charge is 0.388 e. The lowest BCUT2D eigenvalue weighted by Gasteiger charge is -2.24. The van der Waals surface area contributed by atoms with Crippen LogP contribution in [0.25, 0.3) is 0 Å². The highest BCUT2D eigenvalue weighted by atomic mass is 15.1. The Kier molecular flexibility index (Phi) is 8.21. The molecule has 4 nitrogen and oxygen atoms in total. The molecule has 0 fully saturated rings. The molecule has 0 aliphatic heterocycles. The summed E-state index contributed by atoms with van der Waals surface area (Å²) in [6, 6.07) is 0. The van der Waals surface area contributed by atoms with E-state index in [1.165, 1.54) is 6.42 Å². The van der Waals surface area contributed by atoms with Gasteiger partial charge in [0.05, 0.1) is 5.84 Å². The van der Waals surface area contributed by atoms with E-state index in [-0.39, 0.29) is 0 Å². The Labute approximate surface area is 100 Å². The van der Waals surface area contributed by atoms with E-state index in [0.717, 1.165) is 26.2 Å². The standard InChI is InChI=1S/C12H28N4/c1-11(2)10-16(9-6-12(13)14)8-5-7-15(3)4/h11H,5-10H2,1-4H3,(H3,13,14). The molecule has 0 saturated carbocycles. The van der Waals surface area contributed by atoms with Crippen LogP contribution in [0.15, 0.2) is 0 Å². The maximum Gasteiger partial charge on any atom is 0.0918 e. The van der Waals surface area contributed by atoms with Gasteiger partial charge < -0.3 is 15.5 Å². The van der Waals surface area contributed by atoms with Crippen molar-refractivity contribution in [1.82, 2.24) is 9.80 Å². The van der Waals surface area contributed by atoms with Crippen LogP contribution in [0.5, 0.6) is 0 Å². The lowest BCUT2D eigenvalue weighted by atomic mass is 10.2. The van der Waals surface area contributed by atoms with Crippen LogP contribution in [0.1, 0.15) is 26.7 Å². The second-order valence-corrected chi connectivity index (χ2v) is 5.13. The number of nitrogens with two attached hydrogens (primary N) is 1. The van der Waals surface area contributed by atoms with Gasteiger partial charge in [-0.25, -0.2) is 0 Å². The average Bonchev–Trinajstić information content (AvgIpc) is 2.12. The molecule has 0 rings (SSSR count). The molecule has 0 aliphatic carbocycles. The number of nitrogens with zero attached hydrogens (tertiary/aromatic N) is 2. The third-order valence-electron chi connectivity index (χ3n) is 2.40. The van der Waals surface area contributed by atoms with E-state index < -0.39 is 0 Å². The number of rotatable bonds is 9. The van der Waals surface area contributed by atoms with Gasteiger partial charge in [0.1, 0.15) is 0 Å². The van der Waals surface area contributed by atoms with Crippen LogP contribution in [-0.2, 0) is 0 Å².